The third kappa shape index (κ3) is 3.72. The van der Waals surface area contributed by atoms with E-state index in [1.165, 1.54) is 16.7 Å². The Morgan fingerprint density at radius 2 is 2.29 bits per heavy atom. The molecule has 7 nitrogen and oxygen atoms in total. The summed E-state index contributed by atoms with van der Waals surface area (Å²) in [6.45, 7) is 0.275. The molecule has 0 atom stereocenters. The zero-order chi connectivity index (χ0) is 15.4. The van der Waals surface area contributed by atoms with E-state index in [0.29, 0.717) is 11.4 Å². The number of nitro benzene ring substituents is 1. The van der Waals surface area contributed by atoms with Crippen molar-refractivity contribution in [3.05, 3.63) is 50.2 Å². The van der Waals surface area contributed by atoms with E-state index >= 15 is 0 Å². The fourth-order valence-electron chi connectivity index (χ4n) is 1.64. The molecule has 0 aliphatic heterocycles. The summed E-state index contributed by atoms with van der Waals surface area (Å²) in [7, 11) is 0. The van der Waals surface area contributed by atoms with Crippen molar-refractivity contribution in [1.29, 1.82) is 0 Å². The number of nitrogens with zero attached hydrogens (tertiary/aromatic N) is 2. The molecule has 1 aromatic carbocycles. The van der Waals surface area contributed by atoms with E-state index in [4.69, 9.17) is 5.11 Å². The van der Waals surface area contributed by atoms with Crippen LogP contribution in [0.4, 0.5) is 15.8 Å². The number of carboxylic acids is 1. The highest BCUT2D eigenvalue weighted by atomic mass is 32.1. The number of thiazole rings is 1. The van der Waals surface area contributed by atoms with Gasteiger partial charge in [-0.25, -0.2) is 14.2 Å². The topological polar surface area (TPSA) is 105 Å². The van der Waals surface area contributed by atoms with Crippen molar-refractivity contribution in [2.24, 2.45) is 0 Å². The lowest BCUT2D eigenvalue weighted by atomic mass is 10.2. The summed E-state index contributed by atoms with van der Waals surface area (Å²) in [6.07, 6.45) is 0.381. The van der Waals surface area contributed by atoms with Crippen molar-refractivity contribution in [1.82, 2.24) is 4.98 Å². The van der Waals surface area contributed by atoms with E-state index in [2.05, 4.69) is 10.3 Å². The first-order valence-electron chi connectivity index (χ1n) is 5.83. The number of nitro groups is 1. The Labute approximate surface area is 122 Å². The van der Waals surface area contributed by atoms with Crippen LogP contribution in [0.3, 0.4) is 0 Å². The van der Waals surface area contributed by atoms with Crippen LogP contribution in [0.2, 0.25) is 0 Å². The number of hydrogen-bond donors (Lipinski definition) is 2. The lowest BCUT2D eigenvalue weighted by Gasteiger charge is -2.06. The van der Waals surface area contributed by atoms with Crippen LogP contribution in [0.25, 0.3) is 0 Å². The molecule has 0 aliphatic carbocycles. The normalized spacial score (nSPS) is 10.3. The molecule has 21 heavy (non-hydrogen) atoms. The Hall–Kier alpha value is -2.55. The van der Waals surface area contributed by atoms with E-state index in [1.807, 2.05) is 0 Å². The van der Waals surface area contributed by atoms with Crippen molar-refractivity contribution in [2.45, 2.75) is 6.42 Å². The van der Waals surface area contributed by atoms with Gasteiger partial charge in [-0.1, -0.05) is 0 Å². The zero-order valence-electron chi connectivity index (χ0n) is 10.6. The van der Waals surface area contributed by atoms with Gasteiger partial charge in [-0.15, -0.1) is 11.3 Å². The lowest BCUT2D eigenvalue weighted by Crippen LogP contribution is -2.07. The number of carboxylic acid groups (broad SMARTS) is 1. The van der Waals surface area contributed by atoms with Crippen LogP contribution in [0.1, 0.15) is 15.5 Å². The molecule has 1 heterocycles. The standard InChI is InChI=1S/C12H10FN3O4S/c13-7-1-2-10(16(19)20)8(5-7)14-4-3-11-15-9(6-21-11)12(17)18/h1-2,5-6,14H,3-4H2,(H,17,18). The first-order valence-corrected chi connectivity index (χ1v) is 6.71. The molecule has 2 N–H and O–H groups in total. The second kappa shape index (κ2) is 6.27. The van der Waals surface area contributed by atoms with Gasteiger partial charge in [-0.05, 0) is 6.07 Å². The molecule has 0 bridgehead atoms. The second-order valence-electron chi connectivity index (χ2n) is 4.03. The van der Waals surface area contributed by atoms with Crippen molar-refractivity contribution >= 4 is 28.7 Å². The maximum absolute atomic E-state index is 13.1. The molecule has 1 aromatic heterocycles. The van der Waals surface area contributed by atoms with Gasteiger partial charge < -0.3 is 10.4 Å². The van der Waals surface area contributed by atoms with Crippen LogP contribution in [-0.2, 0) is 6.42 Å². The number of nitrogens with one attached hydrogen (secondary N) is 1. The quantitative estimate of drug-likeness (QED) is 0.627. The molecule has 0 aliphatic rings. The van der Waals surface area contributed by atoms with Gasteiger partial charge in [0.1, 0.15) is 11.5 Å². The molecule has 110 valence electrons. The summed E-state index contributed by atoms with van der Waals surface area (Å²) in [5.74, 6) is -1.68. The molecule has 0 spiro atoms. The van der Waals surface area contributed by atoms with E-state index in [-0.39, 0.29) is 23.6 Å². The number of carbonyl (C=O) groups is 1. The average Bonchev–Trinajstić information content (AvgIpc) is 2.87. The highest BCUT2D eigenvalue weighted by molar-refractivity contribution is 7.09. The van der Waals surface area contributed by atoms with Crippen molar-refractivity contribution in [3.8, 4) is 0 Å². The largest absolute Gasteiger partial charge is 0.476 e. The van der Waals surface area contributed by atoms with Crippen molar-refractivity contribution < 1.29 is 19.2 Å². The maximum Gasteiger partial charge on any atom is 0.355 e. The second-order valence-corrected chi connectivity index (χ2v) is 4.97. The molecule has 2 rings (SSSR count). The van der Waals surface area contributed by atoms with Gasteiger partial charge in [-0.3, -0.25) is 10.1 Å². The third-order valence-electron chi connectivity index (χ3n) is 2.58. The molecule has 0 radical (unpaired) electrons. The average molecular weight is 311 g/mol. The smallest absolute Gasteiger partial charge is 0.355 e. The monoisotopic (exact) mass is 311 g/mol. The van der Waals surface area contributed by atoms with Gasteiger partial charge in [0, 0.05) is 30.5 Å². The van der Waals surface area contributed by atoms with Gasteiger partial charge in [-0.2, -0.15) is 0 Å². The van der Waals surface area contributed by atoms with Crippen LogP contribution in [0.15, 0.2) is 23.6 Å². The number of rotatable bonds is 6. The number of aromatic carboxylic acids is 1. The third-order valence-corrected chi connectivity index (χ3v) is 3.49. The Bertz CT molecular complexity index is 689. The van der Waals surface area contributed by atoms with E-state index in [9.17, 15) is 19.3 Å². The van der Waals surface area contributed by atoms with Gasteiger partial charge >= 0.3 is 5.97 Å². The van der Waals surface area contributed by atoms with Crippen LogP contribution in [0, 0.1) is 15.9 Å². The van der Waals surface area contributed by atoms with Crippen LogP contribution < -0.4 is 5.32 Å². The predicted octanol–water partition coefficient (Wildman–Crippen LogP) is 2.54. The minimum Gasteiger partial charge on any atom is -0.476 e. The summed E-state index contributed by atoms with van der Waals surface area (Å²) in [6, 6.07) is 3.15. The molecular formula is C12H10FN3O4S. The fourth-order valence-corrected chi connectivity index (χ4v) is 2.41. The summed E-state index contributed by atoms with van der Waals surface area (Å²) in [5.41, 5.74) is -0.177. The minimum atomic E-state index is -1.11. The van der Waals surface area contributed by atoms with E-state index < -0.39 is 16.7 Å². The first kappa shape index (κ1) is 14.9. The van der Waals surface area contributed by atoms with E-state index in [1.54, 1.807) is 0 Å². The van der Waals surface area contributed by atoms with E-state index in [0.717, 1.165) is 18.2 Å². The highest BCUT2D eigenvalue weighted by Gasteiger charge is 2.14. The Kier molecular flexibility index (Phi) is 4.43. The summed E-state index contributed by atoms with van der Waals surface area (Å²) < 4.78 is 13.1. The van der Waals surface area contributed by atoms with Crippen LogP contribution in [-0.4, -0.2) is 27.5 Å². The van der Waals surface area contributed by atoms with Crippen molar-refractivity contribution in [2.75, 3.05) is 11.9 Å². The number of halogens is 1. The van der Waals surface area contributed by atoms with Crippen LogP contribution >= 0.6 is 11.3 Å². The molecule has 0 saturated heterocycles. The number of benzene rings is 1. The Morgan fingerprint density at radius 3 is 2.90 bits per heavy atom. The van der Waals surface area contributed by atoms with Crippen LogP contribution in [0.5, 0.6) is 0 Å². The van der Waals surface area contributed by atoms with Crippen molar-refractivity contribution in [3.63, 3.8) is 0 Å². The molecule has 0 saturated carbocycles. The highest BCUT2D eigenvalue weighted by Crippen LogP contribution is 2.24. The SMILES string of the molecule is O=C(O)c1csc(CCNc2cc(F)ccc2[N+](=O)[O-])n1. The Morgan fingerprint density at radius 1 is 1.52 bits per heavy atom. The predicted molar refractivity (Wildman–Crippen MR) is 74.3 cm³/mol. The summed E-state index contributed by atoms with van der Waals surface area (Å²) in [5, 5.41) is 24.3. The minimum absolute atomic E-state index is 0.0354. The number of anilines is 1. The lowest BCUT2D eigenvalue weighted by molar-refractivity contribution is -0.384. The molecule has 9 heteroatoms. The fraction of sp³-hybridized carbons (Fsp3) is 0.167. The van der Waals surface area contributed by atoms with Gasteiger partial charge in [0.2, 0.25) is 0 Å². The summed E-state index contributed by atoms with van der Waals surface area (Å²) >= 11 is 1.19. The molecule has 2 aromatic rings. The Balaban J connectivity index is 2.01. The number of hydrogen-bond acceptors (Lipinski definition) is 6. The van der Waals surface area contributed by atoms with Gasteiger partial charge in [0.15, 0.2) is 5.69 Å². The molecular weight excluding hydrogens is 301 g/mol. The zero-order valence-corrected chi connectivity index (χ0v) is 11.4. The molecule has 0 unspecified atom stereocenters. The van der Waals surface area contributed by atoms with Gasteiger partial charge in [0.25, 0.3) is 5.69 Å². The molecule has 0 amide bonds. The maximum atomic E-state index is 13.1. The first-order chi connectivity index (χ1) is 9.97. The summed E-state index contributed by atoms with van der Waals surface area (Å²) in [4.78, 5) is 24.8. The van der Waals surface area contributed by atoms with Gasteiger partial charge in [0.05, 0.1) is 9.93 Å². The number of aromatic nitrogens is 1. The molecule has 0 fully saturated rings.